The van der Waals surface area contributed by atoms with Gasteiger partial charge in [0.05, 0.1) is 11.3 Å². The van der Waals surface area contributed by atoms with Crippen LogP contribution in [0.15, 0.2) is 12.1 Å². The van der Waals surface area contributed by atoms with E-state index < -0.39 is 5.60 Å². The van der Waals surface area contributed by atoms with Gasteiger partial charge in [-0.2, -0.15) is 5.10 Å². The summed E-state index contributed by atoms with van der Waals surface area (Å²) in [6.07, 6.45) is 0. The molecule has 2 heterocycles. The monoisotopic (exact) mass is 250 g/mol. The zero-order chi connectivity index (χ0) is 13.2. The molecule has 0 aromatic carbocycles. The summed E-state index contributed by atoms with van der Waals surface area (Å²) in [4.78, 5) is 4.53. The Balaban J connectivity index is 1.88. The van der Waals surface area contributed by atoms with Crippen LogP contribution >= 0.6 is 0 Å². The van der Waals surface area contributed by atoms with Gasteiger partial charge in [-0.1, -0.05) is 0 Å². The van der Waals surface area contributed by atoms with E-state index in [1.165, 1.54) is 0 Å². The molecular formula is C13H22N4O. The van der Waals surface area contributed by atoms with Crippen molar-refractivity contribution in [2.75, 3.05) is 37.6 Å². The summed E-state index contributed by atoms with van der Waals surface area (Å²) in [6, 6.07) is 4.01. The first kappa shape index (κ1) is 13.2. The number of piperazine rings is 1. The molecule has 0 bridgehead atoms. The lowest BCUT2D eigenvalue weighted by atomic mass is 10.1. The van der Waals surface area contributed by atoms with E-state index in [9.17, 15) is 5.11 Å². The summed E-state index contributed by atoms with van der Waals surface area (Å²) < 4.78 is 0. The SMILES string of the molecule is Cc1ccc(N2CCN(CC(C)(C)O)CC2)nn1. The molecule has 5 heteroatoms. The number of aromatic nitrogens is 2. The summed E-state index contributed by atoms with van der Waals surface area (Å²) in [5.74, 6) is 0.948. The van der Waals surface area contributed by atoms with Crippen molar-refractivity contribution in [1.29, 1.82) is 0 Å². The predicted octanol–water partition coefficient (Wildman–Crippen LogP) is 0.678. The molecule has 0 aliphatic carbocycles. The van der Waals surface area contributed by atoms with Gasteiger partial charge in [-0.05, 0) is 32.9 Å². The molecule has 1 saturated heterocycles. The molecule has 1 fully saturated rings. The molecule has 1 N–H and O–H groups in total. The minimum absolute atomic E-state index is 0.619. The van der Waals surface area contributed by atoms with Crippen LogP contribution in [0.1, 0.15) is 19.5 Å². The van der Waals surface area contributed by atoms with E-state index in [1.807, 2.05) is 32.9 Å². The lowest BCUT2D eigenvalue weighted by molar-refractivity contribution is 0.0344. The molecule has 0 unspecified atom stereocenters. The normalized spacial score (nSPS) is 18.1. The third kappa shape index (κ3) is 3.65. The standard InChI is InChI=1S/C13H22N4O/c1-11-4-5-12(15-14-11)17-8-6-16(7-9-17)10-13(2,3)18/h4-5,18H,6-10H2,1-3H3. The number of hydrogen-bond acceptors (Lipinski definition) is 5. The van der Waals surface area contributed by atoms with Crippen LogP contribution in [0.5, 0.6) is 0 Å². The molecule has 18 heavy (non-hydrogen) atoms. The van der Waals surface area contributed by atoms with E-state index in [0.717, 1.165) is 44.2 Å². The Hall–Kier alpha value is -1.20. The topological polar surface area (TPSA) is 52.5 Å². The highest BCUT2D eigenvalue weighted by molar-refractivity contribution is 5.37. The highest BCUT2D eigenvalue weighted by Crippen LogP contribution is 2.14. The van der Waals surface area contributed by atoms with E-state index in [-0.39, 0.29) is 0 Å². The van der Waals surface area contributed by atoms with Crippen LogP contribution in [0.2, 0.25) is 0 Å². The fourth-order valence-electron chi connectivity index (χ4n) is 2.24. The Morgan fingerprint density at radius 3 is 2.33 bits per heavy atom. The molecule has 0 amide bonds. The molecule has 0 radical (unpaired) electrons. The van der Waals surface area contributed by atoms with Gasteiger partial charge >= 0.3 is 0 Å². The smallest absolute Gasteiger partial charge is 0.151 e. The van der Waals surface area contributed by atoms with Gasteiger partial charge in [-0.15, -0.1) is 5.10 Å². The molecule has 0 spiro atoms. The second-order valence-electron chi connectivity index (χ2n) is 5.61. The summed E-state index contributed by atoms with van der Waals surface area (Å²) in [6.45, 7) is 10.2. The van der Waals surface area contributed by atoms with Gasteiger partial charge in [0.1, 0.15) is 0 Å². The minimum atomic E-state index is -0.619. The molecule has 0 saturated carbocycles. The van der Waals surface area contributed by atoms with Crippen LogP contribution in [0.3, 0.4) is 0 Å². The number of aryl methyl sites for hydroxylation is 1. The highest BCUT2D eigenvalue weighted by atomic mass is 16.3. The van der Waals surface area contributed by atoms with Crippen LogP contribution in [0.25, 0.3) is 0 Å². The van der Waals surface area contributed by atoms with E-state index in [4.69, 9.17) is 0 Å². The molecule has 5 nitrogen and oxygen atoms in total. The first-order valence-electron chi connectivity index (χ1n) is 6.44. The molecule has 1 aromatic rings. The third-order valence-corrected chi connectivity index (χ3v) is 3.09. The minimum Gasteiger partial charge on any atom is -0.389 e. The van der Waals surface area contributed by atoms with E-state index in [1.54, 1.807) is 0 Å². The van der Waals surface area contributed by atoms with Gasteiger partial charge in [0.25, 0.3) is 0 Å². The number of anilines is 1. The molecule has 100 valence electrons. The van der Waals surface area contributed by atoms with Crippen molar-refractivity contribution in [3.63, 3.8) is 0 Å². The van der Waals surface area contributed by atoms with Crippen molar-refractivity contribution in [2.45, 2.75) is 26.4 Å². The van der Waals surface area contributed by atoms with E-state index in [2.05, 4.69) is 20.0 Å². The van der Waals surface area contributed by atoms with Gasteiger partial charge in [0.2, 0.25) is 0 Å². The molecule has 1 aliphatic rings. The van der Waals surface area contributed by atoms with Gasteiger partial charge in [0, 0.05) is 32.7 Å². The average molecular weight is 250 g/mol. The van der Waals surface area contributed by atoms with E-state index in [0.29, 0.717) is 0 Å². The quantitative estimate of drug-likeness (QED) is 0.855. The maximum atomic E-state index is 9.81. The van der Waals surface area contributed by atoms with Crippen LogP contribution in [0, 0.1) is 6.92 Å². The second-order valence-corrected chi connectivity index (χ2v) is 5.61. The lowest BCUT2D eigenvalue weighted by Crippen LogP contribution is -2.50. The predicted molar refractivity (Wildman–Crippen MR) is 71.7 cm³/mol. The Bertz CT molecular complexity index is 377. The van der Waals surface area contributed by atoms with Crippen LogP contribution in [0.4, 0.5) is 5.82 Å². The number of hydrogen-bond donors (Lipinski definition) is 1. The molecule has 1 aromatic heterocycles. The lowest BCUT2D eigenvalue weighted by Gasteiger charge is -2.37. The van der Waals surface area contributed by atoms with Crippen molar-refractivity contribution >= 4 is 5.82 Å². The summed E-state index contributed by atoms with van der Waals surface area (Å²) in [5.41, 5.74) is 0.325. The maximum absolute atomic E-state index is 9.81. The van der Waals surface area contributed by atoms with Crippen molar-refractivity contribution in [3.05, 3.63) is 17.8 Å². The highest BCUT2D eigenvalue weighted by Gasteiger charge is 2.23. The molecule has 2 rings (SSSR count). The fourth-order valence-corrected chi connectivity index (χ4v) is 2.24. The Kier molecular flexibility index (Phi) is 3.82. The molecule has 1 aliphatic heterocycles. The Labute approximate surface area is 108 Å². The van der Waals surface area contributed by atoms with Gasteiger partial charge < -0.3 is 10.0 Å². The van der Waals surface area contributed by atoms with Crippen molar-refractivity contribution in [2.24, 2.45) is 0 Å². The van der Waals surface area contributed by atoms with Gasteiger partial charge in [0.15, 0.2) is 5.82 Å². The van der Waals surface area contributed by atoms with Crippen LogP contribution < -0.4 is 4.90 Å². The van der Waals surface area contributed by atoms with Crippen molar-refractivity contribution in [3.8, 4) is 0 Å². The second kappa shape index (κ2) is 5.20. The largest absolute Gasteiger partial charge is 0.389 e. The van der Waals surface area contributed by atoms with Crippen molar-refractivity contribution in [1.82, 2.24) is 15.1 Å². The van der Waals surface area contributed by atoms with Gasteiger partial charge in [-0.3, -0.25) is 4.90 Å². The molecular weight excluding hydrogens is 228 g/mol. The average Bonchev–Trinajstić information content (AvgIpc) is 2.29. The van der Waals surface area contributed by atoms with Gasteiger partial charge in [-0.25, -0.2) is 0 Å². The first-order chi connectivity index (χ1) is 8.44. The Morgan fingerprint density at radius 1 is 1.17 bits per heavy atom. The summed E-state index contributed by atoms with van der Waals surface area (Å²) >= 11 is 0. The molecule has 0 atom stereocenters. The van der Waals surface area contributed by atoms with E-state index >= 15 is 0 Å². The third-order valence-electron chi connectivity index (χ3n) is 3.09. The Morgan fingerprint density at radius 2 is 1.83 bits per heavy atom. The first-order valence-corrected chi connectivity index (χ1v) is 6.44. The maximum Gasteiger partial charge on any atom is 0.151 e. The number of β-amino-alcohol motifs (C(OH)–C–C–N with tert-alkyl or cyclic N) is 1. The summed E-state index contributed by atoms with van der Waals surface area (Å²) in [7, 11) is 0. The number of nitrogens with zero attached hydrogens (tertiary/aromatic N) is 4. The fraction of sp³-hybridized carbons (Fsp3) is 0.692. The summed E-state index contributed by atoms with van der Waals surface area (Å²) in [5, 5.41) is 18.1. The zero-order valence-corrected chi connectivity index (χ0v) is 11.4. The van der Waals surface area contributed by atoms with Crippen molar-refractivity contribution < 1.29 is 5.11 Å². The van der Waals surface area contributed by atoms with Crippen LogP contribution in [-0.4, -0.2) is 58.5 Å². The number of aliphatic hydroxyl groups is 1. The number of rotatable bonds is 3. The van der Waals surface area contributed by atoms with Crippen LogP contribution in [-0.2, 0) is 0 Å². The zero-order valence-electron chi connectivity index (χ0n) is 11.4.